The van der Waals surface area contributed by atoms with Crippen LogP contribution in [0.2, 0.25) is 0 Å². The molecule has 0 radical (unpaired) electrons. The smallest absolute Gasteiger partial charge is 0.335 e. The van der Waals surface area contributed by atoms with Crippen molar-refractivity contribution in [2.75, 3.05) is 17.4 Å². The summed E-state index contributed by atoms with van der Waals surface area (Å²) in [5.41, 5.74) is 1.76. The van der Waals surface area contributed by atoms with Crippen molar-refractivity contribution in [3.63, 3.8) is 0 Å². The number of hydrogen-bond donors (Lipinski definition) is 3. The molecule has 0 atom stereocenters. The fourth-order valence-corrected chi connectivity index (χ4v) is 2.46. The van der Waals surface area contributed by atoms with E-state index in [-0.39, 0.29) is 12.4 Å². The number of carboxylic acid groups (broad SMARTS) is 1. The summed E-state index contributed by atoms with van der Waals surface area (Å²) in [7, 11) is 0. The lowest BCUT2D eigenvalue weighted by Gasteiger charge is -2.09. The minimum atomic E-state index is -0.964. The highest BCUT2D eigenvalue weighted by Gasteiger charge is 2.13. The SMILES string of the molecule is O=C(O)c1ccc(Nc2cc(Nc3ccc4c(c3)OCO4)ncn2)cc1. The van der Waals surface area contributed by atoms with E-state index in [1.807, 2.05) is 18.2 Å². The molecule has 2 aromatic carbocycles. The molecule has 4 rings (SSSR count). The van der Waals surface area contributed by atoms with E-state index < -0.39 is 5.97 Å². The average molecular weight is 350 g/mol. The summed E-state index contributed by atoms with van der Waals surface area (Å²) in [6, 6.07) is 13.7. The van der Waals surface area contributed by atoms with Crippen molar-refractivity contribution < 1.29 is 19.4 Å². The van der Waals surface area contributed by atoms with Gasteiger partial charge in [0.25, 0.3) is 0 Å². The molecule has 1 aliphatic heterocycles. The Morgan fingerprint density at radius 2 is 1.54 bits per heavy atom. The standard InChI is InChI=1S/C18H14N4O4/c23-18(24)11-1-3-12(4-2-11)21-16-8-17(20-9-19-16)22-13-5-6-14-15(7-13)26-10-25-14/h1-9H,10H2,(H,23,24)(H2,19,20,21,22). The van der Waals surface area contributed by atoms with E-state index in [9.17, 15) is 4.79 Å². The first-order chi connectivity index (χ1) is 12.7. The molecule has 1 aromatic heterocycles. The molecule has 2 heterocycles. The Morgan fingerprint density at radius 3 is 2.27 bits per heavy atom. The summed E-state index contributed by atoms with van der Waals surface area (Å²) >= 11 is 0. The van der Waals surface area contributed by atoms with E-state index >= 15 is 0 Å². The van der Waals surface area contributed by atoms with E-state index in [2.05, 4.69) is 20.6 Å². The first kappa shape index (κ1) is 15.7. The molecule has 26 heavy (non-hydrogen) atoms. The molecule has 8 nitrogen and oxygen atoms in total. The predicted molar refractivity (Wildman–Crippen MR) is 94.6 cm³/mol. The molecule has 0 saturated heterocycles. The van der Waals surface area contributed by atoms with Crippen LogP contribution in [0, 0.1) is 0 Å². The van der Waals surface area contributed by atoms with Gasteiger partial charge in [0.2, 0.25) is 6.79 Å². The quantitative estimate of drug-likeness (QED) is 0.643. The summed E-state index contributed by atoms with van der Waals surface area (Å²) in [6.45, 7) is 0.223. The Morgan fingerprint density at radius 1 is 0.885 bits per heavy atom. The highest BCUT2D eigenvalue weighted by atomic mass is 16.7. The highest BCUT2D eigenvalue weighted by molar-refractivity contribution is 5.88. The molecule has 0 bridgehead atoms. The number of nitrogens with zero attached hydrogens (tertiary/aromatic N) is 2. The number of ether oxygens (including phenoxy) is 2. The number of carbonyl (C=O) groups is 1. The van der Waals surface area contributed by atoms with Gasteiger partial charge >= 0.3 is 5.97 Å². The lowest BCUT2D eigenvalue weighted by atomic mass is 10.2. The Bertz CT molecular complexity index is 960. The second-order valence-electron chi connectivity index (χ2n) is 5.49. The lowest BCUT2D eigenvalue weighted by molar-refractivity contribution is 0.0697. The molecule has 0 fully saturated rings. The van der Waals surface area contributed by atoms with Crippen molar-refractivity contribution in [2.45, 2.75) is 0 Å². The largest absolute Gasteiger partial charge is 0.478 e. The van der Waals surface area contributed by atoms with Crippen LogP contribution in [0.3, 0.4) is 0 Å². The fraction of sp³-hybridized carbons (Fsp3) is 0.0556. The average Bonchev–Trinajstić information content (AvgIpc) is 3.10. The normalized spacial score (nSPS) is 11.8. The Balaban J connectivity index is 1.48. The van der Waals surface area contributed by atoms with Gasteiger partial charge in [-0.25, -0.2) is 14.8 Å². The first-order valence-electron chi connectivity index (χ1n) is 7.76. The van der Waals surface area contributed by atoms with Crippen molar-refractivity contribution in [1.29, 1.82) is 0 Å². The summed E-state index contributed by atoms with van der Waals surface area (Å²) in [6.07, 6.45) is 1.43. The van der Waals surface area contributed by atoms with Crippen LogP contribution in [0.5, 0.6) is 11.5 Å². The number of anilines is 4. The number of fused-ring (bicyclic) bond motifs is 1. The minimum Gasteiger partial charge on any atom is -0.478 e. The molecule has 0 saturated carbocycles. The van der Waals surface area contributed by atoms with Crippen molar-refractivity contribution in [2.24, 2.45) is 0 Å². The van der Waals surface area contributed by atoms with E-state index in [1.54, 1.807) is 18.2 Å². The summed E-state index contributed by atoms with van der Waals surface area (Å²) in [4.78, 5) is 19.3. The van der Waals surface area contributed by atoms with Crippen LogP contribution in [0.1, 0.15) is 10.4 Å². The maximum atomic E-state index is 10.9. The maximum absolute atomic E-state index is 10.9. The van der Waals surface area contributed by atoms with Crippen LogP contribution in [-0.2, 0) is 0 Å². The Hall–Kier alpha value is -3.81. The van der Waals surface area contributed by atoms with Crippen LogP contribution in [-0.4, -0.2) is 27.8 Å². The lowest BCUT2D eigenvalue weighted by Crippen LogP contribution is -1.99. The third-order valence-corrected chi connectivity index (χ3v) is 3.72. The van der Waals surface area contributed by atoms with Gasteiger partial charge in [0, 0.05) is 23.5 Å². The Kier molecular flexibility index (Phi) is 3.98. The fourth-order valence-electron chi connectivity index (χ4n) is 2.46. The van der Waals surface area contributed by atoms with Gasteiger partial charge in [-0.2, -0.15) is 0 Å². The number of carboxylic acids is 1. The van der Waals surface area contributed by atoms with Crippen LogP contribution in [0.15, 0.2) is 54.9 Å². The highest BCUT2D eigenvalue weighted by Crippen LogP contribution is 2.35. The van der Waals surface area contributed by atoms with Gasteiger partial charge in [-0.05, 0) is 36.4 Å². The van der Waals surface area contributed by atoms with Crippen molar-refractivity contribution in [3.05, 3.63) is 60.4 Å². The second-order valence-corrected chi connectivity index (χ2v) is 5.49. The monoisotopic (exact) mass is 350 g/mol. The number of hydrogen-bond acceptors (Lipinski definition) is 7. The summed E-state index contributed by atoms with van der Waals surface area (Å²) < 4.78 is 10.6. The van der Waals surface area contributed by atoms with E-state index in [4.69, 9.17) is 14.6 Å². The van der Waals surface area contributed by atoms with Gasteiger partial charge in [-0.1, -0.05) is 0 Å². The third-order valence-electron chi connectivity index (χ3n) is 3.72. The predicted octanol–water partition coefficient (Wildman–Crippen LogP) is 3.39. The number of benzene rings is 2. The first-order valence-corrected chi connectivity index (χ1v) is 7.76. The van der Waals surface area contributed by atoms with E-state index in [0.29, 0.717) is 23.1 Å². The minimum absolute atomic E-state index is 0.223. The molecule has 3 N–H and O–H groups in total. The van der Waals surface area contributed by atoms with E-state index in [0.717, 1.165) is 11.4 Å². The van der Waals surface area contributed by atoms with E-state index in [1.165, 1.54) is 18.5 Å². The number of nitrogens with one attached hydrogen (secondary N) is 2. The van der Waals surface area contributed by atoms with Crippen molar-refractivity contribution in [1.82, 2.24) is 9.97 Å². The van der Waals surface area contributed by atoms with Gasteiger partial charge < -0.3 is 25.2 Å². The van der Waals surface area contributed by atoms with Crippen LogP contribution < -0.4 is 20.1 Å². The van der Waals surface area contributed by atoms with Crippen molar-refractivity contribution >= 4 is 29.0 Å². The molecule has 8 heteroatoms. The molecule has 0 aliphatic carbocycles. The number of aromatic carboxylic acids is 1. The zero-order chi connectivity index (χ0) is 17.9. The molecule has 3 aromatic rings. The second kappa shape index (κ2) is 6.60. The topological polar surface area (TPSA) is 106 Å². The molecule has 1 aliphatic rings. The van der Waals surface area contributed by atoms with Gasteiger partial charge in [-0.15, -0.1) is 0 Å². The van der Waals surface area contributed by atoms with Crippen LogP contribution in [0.4, 0.5) is 23.0 Å². The molecule has 0 spiro atoms. The van der Waals surface area contributed by atoms with Gasteiger partial charge in [0.05, 0.1) is 5.56 Å². The molecular formula is C18H14N4O4. The molecular weight excluding hydrogens is 336 g/mol. The zero-order valence-corrected chi connectivity index (χ0v) is 13.5. The molecule has 0 unspecified atom stereocenters. The van der Waals surface area contributed by atoms with Crippen LogP contribution >= 0.6 is 0 Å². The third kappa shape index (κ3) is 3.34. The van der Waals surface area contributed by atoms with Gasteiger partial charge in [-0.3, -0.25) is 0 Å². The number of rotatable bonds is 5. The molecule has 0 amide bonds. The summed E-state index contributed by atoms with van der Waals surface area (Å²) in [5, 5.41) is 15.2. The van der Waals surface area contributed by atoms with Gasteiger partial charge in [0.15, 0.2) is 11.5 Å². The number of aromatic nitrogens is 2. The van der Waals surface area contributed by atoms with Gasteiger partial charge in [0.1, 0.15) is 18.0 Å². The zero-order valence-electron chi connectivity index (χ0n) is 13.5. The summed E-state index contributed by atoms with van der Waals surface area (Å²) in [5.74, 6) is 1.61. The maximum Gasteiger partial charge on any atom is 0.335 e. The van der Waals surface area contributed by atoms with Crippen LogP contribution in [0.25, 0.3) is 0 Å². The van der Waals surface area contributed by atoms with Crippen molar-refractivity contribution in [3.8, 4) is 11.5 Å². The Labute approximate surface area is 148 Å². The molecule has 130 valence electrons.